The third-order valence-electron chi connectivity index (χ3n) is 4.95. The van der Waals surface area contributed by atoms with Gasteiger partial charge in [-0.25, -0.2) is 13.4 Å². The number of hydrogen-bond donors (Lipinski definition) is 1. The van der Waals surface area contributed by atoms with Crippen LogP contribution in [0.5, 0.6) is 0 Å². The van der Waals surface area contributed by atoms with Crippen molar-refractivity contribution in [3.63, 3.8) is 0 Å². The van der Waals surface area contributed by atoms with Gasteiger partial charge in [-0.1, -0.05) is 0 Å². The number of aromatic nitrogens is 5. The first-order chi connectivity index (χ1) is 16.0. The van der Waals surface area contributed by atoms with Crippen molar-refractivity contribution < 1.29 is 21.6 Å². The summed E-state index contributed by atoms with van der Waals surface area (Å²) < 4.78 is 66.4. The molecular formula is C21H16F3N7O2S. The molecular weight excluding hydrogens is 471 g/mol. The quantitative estimate of drug-likeness (QED) is 0.458. The van der Waals surface area contributed by atoms with E-state index in [1.54, 1.807) is 15.5 Å². The van der Waals surface area contributed by atoms with Crippen LogP contribution in [0.15, 0.2) is 54.1 Å². The van der Waals surface area contributed by atoms with Gasteiger partial charge in [-0.3, -0.25) is 19.5 Å². The Morgan fingerprint density at radius 2 is 1.88 bits per heavy atom. The van der Waals surface area contributed by atoms with E-state index in [0.717, 1.165) is 17.8 Å². The molecule has 0 aliphatic carbocycles. The molecule has 34 heavy (non-hydrogen) atoms. The van der Waals surface area contributed by atoms with E-state index in [1.807, 2.05) is 13.0 Å². The standard InChI is InChI=1S/C21H16F3N7O2S/c1-12-7-17-19(29-9-12)15(8-25)20(31(17)18-11-26-5-6-27-18)16-4-3-14(10-28-16)34(32,33)30-13(2)21(22,23)24/h3-7,9-11,13,30H,1-2H3. The van der Waals surface area contributed by atoms with E-state index in [4.69, 9.17) is 0 Å². The Bertz CT molecular complexity index is 1510. The first-order valence-corrected chi connectivity index (χ1v) is 11.2. The van der Waals surface area contributed by atoms with Crippen molar-refractivity contribution in [2.75, 3.05) is 0 Å². The van der Waals surface area contributed by atoms with Crippen molar-refractivity contribution in [1.82, 2.24) is 29.2 Å². The summed E-state index contributed by atoms with van der Waals surface area (Å²) in [6.45, 7) is 2.53. The second-order valence-electron chi connectivity index (χ2n) is 7.38. The molecule has 1 N–H and O–H groups in total. The zero-order chi connectivity index (χ0) is 24.7. The Balaban J connectivity index is 1.87. The molecule has 4 aromatic heterocycles. The number of aryl methyl sites for hydroxylation is 1. The van der Waals surface area contributed by atoms with E-state index in [-0.39, 0.29) is 17.0 Å². The molecule has 0 spiro atoms. The van der Waals surface area contributed by atoms with Crippen LogP contribution in [0.4, 0.5) is 13.2 Å². The van der Waals surface area contributed by atoms with Crippen molar-refractivity contribution in [1.29, 1.82) is 5.26 Å². The first kappa shape index (κ1) is 23.3. The Kier molecular flexibility index (Phi) is 5.80. The highest BCUT2D eigenvalue weighted by Crippen LogP contribution is 2.34. The minimum absolute atomic E-state index is 0.174. The summed E-state index contributed by atoms with van der Waals surface area (Å²) in [5, 5.41) is 9.89. The molecule has 0 saturated heterocycles. The van der Waals surface area contributed by atoms with E-state index < -0.39 is 27.1 Å². The Labute approximate surface area is 192 Å². The molecule has 0 radical (unpaired) electrons. The highest BCUT2D eigenvalue weighted by molar-refractivity contribution is 7.89. The maximum absolute atomic E-state index is 12.8. The topological polar surface area (TPSA) is 126 Å². The van der Waals surface area contributed by atoms with Crippen LogP contribution in [-0.4, -0.2) is 45.1 Å². The van der Waals surface area contributed by atoms with Crippen LogP contribution < -0.4 is 4.72 Å². The summed E-state index contributed by atoms with van der Waals surface area (Å²) in [6.07, 6.45) is 2.22. The number of nitrogens with zero attached hydrogens (tertiary/aromatic N) is 6. The fourth-order valence-corrected chi connectivity index (χ4v) is 4.48. The molecule has 0 aliphatic heterocycles. The predicted molar refractivity (Wildman–Crippen MR) is 115 cm³/mol. The van der Waals surface area contributed by atoms with Crippen LogP contribution in [0.1, 0.15) is 18.1 Å². The van der Waals surface area contributed by atoms with Crippen molar-refractivity contribution >= 4 is 21.1 Å². The molecule has 1 unspecified atom stereocenters. The number of sulfonamides is 1. The zero-order valence-corrected chi connectivity index (χ0v) is 18.6. The number of nitriles is 1. The van der Waals surface area contributed by atoms with Gasteiger partial charge in [-0.2, -0.15) is 23.2 Å². The molecule has 4 aromatic rings. The number of nitrogens with one attached hydrogen (secondary N) is 1. The minimum Gasteiger partial charge on any atom is -0.288 e. The Hall–Kier alpha value is -3.89. The number of halogens is 3. The van der Waals surface area contributed by atoms with Crippen molar-refractivity contribution in [2.45, 2.75) is 31.0 Å². The molecule has 13 heteroatoms. The summed E-state index contributed by atoms with van der Waals surface area (Å²) in [5.41, 5.74) is 2.43. The van der Waals surface area contributed by atoms with Gasteiger partial charge in [0.1, 0.15) is 28.1 Å². The van der Waals surface area contributed by atoms with Crippen LogP contribution in [0.3, 0.4) is 0 Å². The maximum Gasteiger partial charge on any atom is 0.404 e. The number of rotatable bonds is 5. The first-order valence-electron chi connectivity index (χ1n) is 9.76. The van der Waals surface area contributed by atoms with Gasteiger partial charge < -0.3 is 0 Å². The molecule has 0 bridgehead atoms. The van der Waals surface area contributed by atoms with Gasteiger partial charge >= 0.3 is 6.18 Å². The third-order valence-corrected chi connectivity index (χ3v) is 6.47. The highest BCUT2D eigenvalue weighted by atomic mass is 32.2. The highest BCUT2D eigenvalue weighted by Gasteiger charge is 2.39. The van der Waals surface area contributed by atoms with Crippen LogP contribution >= 0.6 is 0 Å². The van der Waals surface area contributed by atoms with Crippen LogP contribution in [0, 0.1) is 18.3 Å². The molecule has 9 nitrogen and oxygen atoms in total. The summed E-state index contributed by atoms with van der Waals surface area (Å²) in [7, 11) is -4.49. The average molecular weight is 487 g/mol. The molecule has 4 rings (SSSR count). The lowest BCUT2D eigenvalue weighted by Crippen LogP contribution is -2.42. The maximum atomic E-state index is 12.8. The van der Waals surface area contributed by atoms with Gasteiger partial charge in [0.15, 0.2) is 5.82 Å². The second kappa shape index (κ2) is 8.47. The Morgan fingerprint density at radius 1 is 1.12 bits per heavy atom. The van der Waals surface area contributed by atoms with Gasteiger partial charge in [0.05, 0.1) is 23.1 Å². The number of pyridine rings is 2. The smallest absolute Gasteiger partial charge is 0.288 e. The molecule has 0 aliphatic rings. The average Bonchev–Trinajstić information content (AvgIpc) is 3.12. The molecule has 0 amide bonds. The fraction of sp³-hybridized carbons (Fsp3) is 0.190. The summed E-state index contributed by atoms with van der Waals surface area (Å²) in [6, 6.07) is 4.06. The second-order valence-corrected chi connectivity index (χ2v) is 9.09. The van der Waals surface area contributed by atoms with Gasteiger partial charge in [0, 0.05) is 24.8 Å². The molecule has 0 saturated carbocycles. The van der Waals surface area contributed by atoms with Gasteiger partial charge in [-0.15, -0.1) is 0 Å². The number of hydrogen-bond acceptors (Lipinski definition) is 7. The van der Waals surface area contributed by atoms with Crippen LogP contribution in [0.2, 0.25) is 0 Å². The largest absolute Gasteiger partial charge is 0.404 e. The summed E-state index contributed by atoms with van der Waals surface area (Å²) >= 11 is 0. The van der Waals surface area contributed by atoms with E-state index in [2.05, 4.69) is 26.0 Å². The van der Waals surface area contributed by atoms with E-state index in [9.17, 15) is 26.9 Å². The number of alkyl halides is 3. The zero-order valence-electron chi connectivity index (χ0n) is 17.7. The summed E-state index contributed by atoms with van der Waals surface area (Å²) in [4.78, 5) is 16.4. The monoisotopic (exact) mass is 487 g/mol. The predicted octanol–water partition coefficient (Wildman–Crippen LogP) is 3.29. The molecule has 0 fully saturated rings. The molecule has 1 atom stereocenters. The molecule has 0 aromatic carbocycles. The van der Waals surface area contributed by atoms with Gasteiger partial charge in [0.25, 0.3) is 0 Å². The van der Waals surface area contributed by atoms with Crippen LogP contribution in [-0.2, 0) is 10.0 Å². The summed E-state index contributed by atoms with van der Waals surface area (Å²) in [5.74, 6) is 0.371. The lowest BCUT2D eigenvalue weighted by atomic mass is 10.1. The normalized spacial score (nSPS) is 13.1. The van der Waals surface area contributed by atoms with Crippen molar-refractivity contribution in [3.05, 3.63) is 60.3 Å². The Morgan fingerprint density at radius 3 is 2.47 bits per heavy atom. The van der Waals surface area contributed by atoms with Crippen molar-refractivity contribution in [2.24, 2.45) is 0 Å². The lowest BCUT2D eigenvalue weighted by molar-refractivity contribution is -0.147. The SMILES string of the molecule is Cc1cnc2c(C#N)c(-c3ccc(S(=O)(=O)NC(C)C(F)(F)F)cn3)n(-c3cnccn3)c2c1. The van der Waals surface area contributed by atoms with Gasteiger partial charge in [-0.05, 0) is 37.6 Å². The fourth-order valence-electron chi connectivity index (χ4n) is 3.30. The van der Waals surface area contributed by atoms with E-state index in [1.165, 1.54) is 24.7 Å². The number of fused-ring (bicyclic) bond motifs is 1. The van der Waals surface area contributed by atoms with Crippen LogP contribution in [0.25, 0.3) is 28.2 Å². The lowest BCUT2D eigenvalue weighted by Gasteiger charge is -2.17. The minimum atomic E-state index is -4.75. The van der Waals surface area contributed by atoms with Crippen molar-refractivity contribution in [3.8, 4) is 23.3 Å². The van der Waals surface area contributed by atoms with Gasteiger partial charge in [0.2, 0.25) is 10.0 Å². The molecule has 174 valence electrons. The third kappa shape index (κ3) is 4.20. The van der Waals surface area contributed by atoms with E-state index >= 15 is 0 Å². The molecule has 4 heterocycles. The van der Waals surface area contributed by atoms with E-state index in [0.29, 0.717) is 23.8 Å².